The van der Waals surface area contributed by atoms with E-state index in [-0.39, 0.29) is 10.7 Å². The summed E-state index contributed by atoms with van der Waals surface area (Å²) in [5.41, 5.74) is 0.921. The Morgan fingerprint density at radius 3 is 2.06 bits per heavy atom. The molecule has 0 radical (unpaired) electrons. The first kappa shape index (κ1) is 12.1. The summed E-state index contributed by atoms with van der Waals surface area (Å²) in [6, 6.07) is 6.41. The second kappa shape index (κ2) is 4.46. The molecule has 0 aliphatic carbocycles. The van der Waals surface area contributed by atoms with Gasteiger partial charge >= 0.3 is 0 Å². The molecule has 0 unspecified atom stereocenters. The standard InChI is InChI=1S/C11H14N2O3S/c12-17(15,16)11-3-1-9(2-4-11)13-7-5-10(14)6-8-13/h1-4H,5-8H2,(H2,12,15,16). The molecule has 0 aromatic heterocycles. The number of sulfonamides is 1. The fourth-order valence-corrected chi connectivity index (χ4v) is 2.38. The van der Waals surface area contributed by atoms with Crippen molar-refractivity contribution in [3.63, 3.8) is 0 Å². The zero-order valence-electron chi connectivity index (χ0n) is 9.30. The molecule has 92 valence electrons. The Morgan fingerprint density at radius 2 is 1.59 bits per heavy atom. The smallest absolute Gasteiger partial charge is 0.238 e. The van der Waals surface area contributed by atoms with E-state index in [2.05, 4.69) is 4.90 Å². The summed E-state index contributed by atoms with van der Waals surface area (Å²) in [7, 11) is -3.63. The van der Waals surface area contributed by atoms with Crippen molar-refractivity contribution in [2.24, 2.45) is 5.14 Å². The maximum absolute atomic E-state index is 11.1. The van der Waals surface area contributed by atoms with E-state index < -0.39 is 10.0 Å². The molecule has 0 spiro atoms. The molecule has 1 aromatic carbocycles. The zero-order chi connectivity index (χ0) is 12.5. The van der Waals surface area contributed by atoms with Crippen molar-refractivity contribution in [1.82, 2.24) is 0 Å². The lowest BCUT2D eigenvalue weighted by Gasteiger charge is -2.28. The lowest BCUT2D eigenvalue weighted by atomic mass is 10.1. The number of piperidine rings is 1. The van der Waals surface area contributed by atoms with E-state index in [1.807, 2.05) is 0 Å². The third-order valence-electron chi connectivity index (χ3n) is 2.85. The van der Waals surface area contributed by atoms with E-state index in [9.17, 15) is 13.2 Å². The van der Waals surface area contributed by atoms with Crippen molar-refractivity contribution >= 4 is 21.5 Å². The minimum atomic E-state index is -3.63. The zero-order valence-corrected chi connectivity index (χ0v) is 10.1. The Labute approximate surface area is 100 Å². The number of carbonyl (C=O) groups excluding carboxylic acids is 1. The van der Waals surface area contributed by atoms with Gasteiger partial charge in [-0.3, -0.25) is 4.79 Å². The lowest BCUT2D eigenvalue weighted by molar-refractivity contribution is -0.119. The molecule has 1 saturated heterocycles. The summed E-state index contributed by atoms with van der Waals surface area (Å²) in [6.07, 6.45) is 1.11. The number of ketones is 1. The highest BCUT2D eigenvalue weighted by Crippen LogP contribution is 2.20. The first-order valence-electron chi connectivity index (χ1n) is 5.36. The number of nitrogens with zero attached hydrogens (tertiary/aromatic N) is 1. The quantitative estimate of drug-likeness (QED) is 0.833. The van der Waals surface area contributed by atoms with Gasteiger partial charge in [0.2, 0.25) is 10.0 Å². The summed E-state index contributed by atoms with van der Waals surface area (Å²) >= 11 is 0. The molecular formula is C11H14N2O3S. The lowest BCUT2D eigenvalue weighted by Crippen LogP contribution is -2.33. The Hall–Kier alpha value is -1.40. The number of hydrogen-bond acceptors (Lipinski definition) is 4. The monoisotopic (exact) mass is 254 g/mol. The van der Waals surface area contributed by atoms with Crippen LogP contribution in [0.15, 0.2) is 29.2 Å². The number of Topliss-reactive ketones (excluding diaryl/α,β-unsaturated/α-hetero) is 1. The van der Waals surface area contributed by atoms with Crippen molar-refractivity contribution < 1.29 is 13.2 Å². The number of hydrogen-bond donors (Lipinski definition) is 1. The molecule has 0 saturated carbocycles. The Morgan fingerprint density at radius 1 is 1.06 bits per heavy atom. The first-order chi connectivity index (χ1) is 7.97. The van der Waals surface area contributed by atoms with Crippen LogP contribution < -0.4 is 10.0 Å². The van der Waals surface area contributed by atoms with E-state index in [0.717, 1.165) is 5.69 Å². The molecule has 1 aliphatic rings. The fraction of sp³-hybridized carbons (Fsp3) is 0.364. The van der Waals surface area contributed by atoms with Crippen LogP contribution in [0.4, 0.5) is 5.69 Å². The molecule has 17 heavy (non-hydrogen) atoms. The first-order valence-corrected chi connectivity index (χ1v) is 6.91. The van der Waals surface area contributed by atoms with Gasteiger partial charge in [0.1, 0.15) is 5.78 Å². The third kappa shape index (κ3) is 2.83. The number of carbonyl (C=O) groups is 1. The summed E-state index contributed by atoms with van der Waals surface area (Å²) < 4.78 is 22.2. The highest BCUT2D eigenvalue weighted by Gasteiger charge is 2.16. The van der Waals surface area contributed by atoms with Gasteiger partial charge in [-0.15, -0.1) is 0 Å². The van der Waals surface area contributed by atoms with Gasteiger partial charge in [-0.25, -0.2) is 13.6 Å². The van der Waals surface area contributed by atoms with Crippen molar-refractivity contribution in [2.45, 2.75) is 17.7 Å². The summed E-state index contributed by atoms with van der Waals surface area (Å²) in [5.74, 6) is 0.280. The van der Waals surface area contributed by atoms with Gasteiger partial charge in [0, 0.05) is 31.6 Å². The SMILES string of the molecule is NS(=O)(=O)c1ccc(N2CCC(=O)CC2)cc1. The molecule has 1 heterocycles. The van der Waals surface area contributed by atoms with Gasteiger partial charge in [0.15, 0.2) is 0 Å². The van der Waals surface area contributed by atoms with E-state index in [0.29, 0.717) is 25.9 Å². The molecule has 1 aliphatic heterocycles. The van der Waals surface area contributed by atoms with E-state index in [4.69, 9.17) is 5.14 Å². The van der Waals surface area contributed by atoms with Crippen molar-refractivity contribution in [2.75, 3.05) is 18.0 Å². The van der Waals surface area contributed by atoms with Crippen LogP contribution in [-0.2, 0) is 14.8 Å². The van der Waals surface area contributed by atoms with Gasteiger partial charge in [0.25, 0.3) is 0 Å². The van der Waals surface area contributed by atoms with Crippen LogP contribution in [0, 0.1) is 0 Å². The predicted molar refractivity (Wildman–Crippen MR) is 64.3 cm³/mol. The average Bonchev–Trinajstić information content (AvgIpc) is 2.29. The summed E-state index contributed by atoms with van der Waals surface area (Å²) in [4.78, 5) is 13.3. The van der Waals surface area contributed by atoms with Gasteiger partial charge < -0.3 is 4.90 Å². The molecule has 5 nitrogen and oxygen atoms in total. The predicted octanol–water partition coefficient (Wildman–Crippen LogP) is 0.503. The molecule has 0 bridgehead atoms. The van der Waals surface area contributed by atoms with E-state index >= 15 is 0 Å². The average molecular weight is 254 g/mol. The van der Waals surface area contributed by atoms with E-state index in [1.165, 1.54) is 12.1 Å². The van der Waals surface area contributed by atoms with Crippen molar-refractivity contribution in [1.29, 1.82) is 0 Å². The van der Waals surface area contributed by atoms with Crippen LogP contribution in [0.3, 0.4) is 0 Å². The highest BCUT2D eigenvalue weighted by molar-refractivity contribution is 7.89. The number of primary sulfonamides is 1. The molecule has 6 heteroatoms. The Balaban J connectivity index is 2.16. The van der Waals surface area contributed by atoms with Crippen LogP contribution in [-0.4, -0.2) is 27.3 Å². The van der Waals surface area contributed by atoms with Gasteiger partial charge in [-0.1, -0.05) is 0 Å². The summed E-state index contributed by atoms with van der Waals surface area (Å²) in [6.45, 7) is 1.38. The maximum Gasteiger partial charge on any atom is 0.238 e. The van der Waals surface area contributed by atoms with Crippen molar-refractivity contribution in [3.8, 4) is 0 Å². The van der Waals surface area contributed by atoms with Gasteiger partial charge in [-0.05, 0) is 24.3 Å². The number of nitrogens with two attached hydrogens (primary N) is 1. The Bertz CT molecular complexity index is 512. The molecule has 1 fully saturated rings. The van der Waals surface area contributed by atoms with Crippen molar-refractivity contribution in [3.05, 3.63) is 24.3 Å². The van der Waals surface area contributed by atoms with Crippen LogP contribution in [0.5, 0.6) is 0 Å². The minimum absolute atomic E-state index is 0.106. The number of benzene rings is 1. The second-order valence-electron chi connectivity index (χ2n) is 4.06. The van der Waals surface area contributed by atoms with E-state index in [1.54, 1.807) is 12.1 Å². The van der Waals surface area contributed by atoms with Crippen LogP contribution in [0.25, 0.3) is 0 Å². The molecular weight excluding hydrogens is 240 g/mol. The molecule has 1 aromatic rings. The topological polar surface area (TPSA) is 80.5 Å². The molecule has 0 atom stereocenters. The fourth-order valence-electron chi connectivity index (χ4n) is 1.86. The third-order valence-corrected chi connectivity index (χ3v) is 3.78. The second-order valence-corrected chi connectivity index (χ2v) is 5.63. The van der Waals surface area contributed by atoms with Gasteiger partial charge in [0.05, 0.1) is 4.90 Å². The van der Waals surface area contributed by atoms with Crippen LogP contribution in [0.2, 0.25) is 0 Å². The Kier molecular flexibility index (Phi) is 3.17. The molecule has 2 rings (SSSR count). The van der Waals surface area contributed by atoms with Crippen LogP contribution in [0.1, 0.15) is 12.8 Å². The normalized spacial score (nSPS) is 17.2. The van der Waals surface area contributed by atoms with Crippen LogP contribution >= 0.6 is 0 Å². The molecule has 2 N–H and O–H groups in total. The summed E-state index contributed by atoms with van der Waals surface area (Å²) in [5, 5.41) is 5.02. The van der Waals surface area contributed by atoms with Gasteiger partial charge in [-0.2, -0.15) is 0 Å². The molecule has 0 amide bonds. The number of rotatable bonds is 2. The highest BCUT2D eigenvalue weighted by atomic mass is 32.2. The largest absolute Gasteiger partial charge is 0.371 e. The maximum atomic E-state index is 11.1. The number of anilines is 1. The minimum Gasteiger partial charge on any atom is -0.371 e.